The van der Waals surface area contributed by atoms with Gasteiger partial charge in [0.15, 0.2) is 9.84 Å². The molecule has 7 heteroatoms. The molecule has 1 unspecified atom stereocenters. The van der Waals surface area contributed by atoms with Crippen molar-refractivity contribution in [1.29, 1.82) is 0 Å². The van der Waals surface area contributed by atoms with Crippen LogP contribution >= 0.6 is 0 Å². The molecule has 6 nitrogen and oxygen atoms in total. The van der Waals surface area contributed by atoms with Crippen molar-refractivity contribution in [2.75, 3.05) is 27.0 Å². The van der Waals surface area contributed by atoms with E-state index in [0.29, 0.717) is 11.3 Å². The van der Waals surface area contributed by atoms with Gasteiger partial charge in [-0.05, 0) is 42.4 Å². The number of carbonyl (C=O) groups is 1. The Morgan fingerprint density at radius 3 is 2.36 bits per heavy atom. The van der Waals surface area contributed by atoms with E-state index in [9.17, 15) is 13.2 Å². The third-order valence-corrected chi connectivity index (χ3v) is 4.82. The highest BCUT2D eigenvalue weighted by Crippen LogP contribution is 2.26. The minimum atomic E-state index is -3.34. The molecule has 0 fully saturated rings. The molecule has 25 heavy (non-hydrogen) atoms. The van der Waals surface area contributed by atoms with Crippen molar-refractivity contribution < 1.29 is 17.9 Å². The lowest BCUT2D eigenvalue weighted by Crippen LogP contribution is -2.35. The van der Waals surface area contributed by atoms with E-state index in [4.69, 9.17) is 4.74 Å². The number of likely N-dealkylation sites (N-methyl/N-ethyl adjacent to an activating group) is 1. The van der Waals surface area contributed by atoms with E-state index in [1.165, 1.54) is 0 Å². The molecule has 1 atom stereocenters. The predicted octanol–water partition coefficient (Wildman–Crippen LogP) is 1.52. The molecule has 0 aromatic heterocycles. The molecule has 0 saturated heterocycles. The molecule has 2 aromatic rings. The predicted molar refractivity (Wildman–Crippen MR) is 96.5 cm³/mol. The fourth-order valence-corrected chi connectivity index (χ4v) is 3.13. The monoisotopic (exact) mass is 362 g/mol. The number of rotatable bonds is 7. The summed E-state index contributed by atoms with van der Waals surface area (Å²) in [6, 6.07) is 13.4. The van der Waals surface area contributed by atoms with Gasteiger partial charge in [-0.25, -0.2) is 8.42 Å². The summed E-state index contributed by atoms with van der Waals surface area (Å²) in [6.45, 7) is 0.165. The molecule has 134 valence electrons. The number of sulfone groups is 1. The molecule has 2 rings (SSSR count). The van der Waals surface area contributed by atoms with E-state index in [0.717, 1.165) is 11.8 Å². The molecule has 0 aliphatic heterocycles. The van der Waals surface area contributed by atoms with Crippen molar-refractivity contribution in [2.24, 2.45) is 0 Å². The quantitative estimate of drug-likeness (QED) is 0.780. The van der Waals surface area contributed by atoms with E-state index in [1.54, 1.807) is 50.6 Å². The van der Waals surface area contributed by atoms with Gasteiger partial charge in [0.25, 0.3) is 0 Å². The van der Waals surface area contributed by atoms with Crippen LogP contribution in [0, 0.1) is 0 Å². The van der Waals surface area contributed by atoms with E-state index in [2.05, 4.69) is 10.6 Å². The smallest absolute Gasteiger partial charge is 0.234 e. The average molecular weight is 362 g/mol. The summed E-state index contributed by atoms with van der Waals surface area (Å²) < 4.78 is 28.8. The molecule has 2 N–H and O–H groups in total. The highest BCUT2D eigenvalue weighted by atomic mass is 32.2. The van der Waals surface area contributed by atoms with Crippen LogP contribution in [0.15, 0.2) is 53.4 Å². The Labute approximate surface area is 148 Å². The minimum absolute atomic E-state index is 0.165. The number of nitrogens with one attached hydrogen (secondary N) is 2. The first-order chi connectivity index (χ1) is 11.8. The second-order valence-corrected chi connectivity index (χ2v) is 7.66. The summed E-state index contributed by atoms with van der Waals surface area (Å²) in [5.74, 6) is 0.516. The summed E-state index contributed by atoms with van der Waals surface area (Å²) in [4.78, 5) is 12.3. The van der Waals surface area contributed by atoms with Crippen LogP contribution < -0.4 is 15.4 Å². The molecule has 0 radical (unpaired) electrons. The van der Waals surface area contributed by atoms with Crippen molar-refractivity contribution in [3.63, 3.8) is 0 Å². The van der Waals surface area contributed by atoms with Crippen molar-refractivity contribution in [3.8, 4) is 5.75 Å². The molecule has 2 aromatic carbocycles. The van der Waals surface area contributed by atoms with Gasteiger partial charge in [0, 0.05) is 6.26 Å². The number of amides is 1. The highest BCUT2D eigenvalue weighted by Gasteiger charge is 2.19. The average Bonchev–Trinajstić information content (AvgIpc) is 2.59. The molecule has 0 bridgehead atoms. The maximum Gasteiger partial charge on any atom is 0.234 e. The first-order valence-electron chi connectivity index (χ1n) is 7.73. The van der Waals surface area contributed by atoms with Gasteiger partial charge in [0.2, 0.25) is 5.91 Å². The van der Waals surface area contributed by atoms with Crippen LogP contribution in [-0.2, 0) is 14.6 Å². The summed E-state index contributed by atoms with van der Waals surface area (Å²) >= 11 is 0. The van der Waals surface area contributed by atoms with Crippen molar-refractivity contribution in [3.05, 3.63) is 59.7 Å². The van der Waals surface area contributed by atoms with Gasteiger partial charge < -0.3 is 15.4 Å². The zero-order valence-electron chi connectivity index (χ0n) is 14.4. The second kappa shape index (κ2) is 8.13. The van der Waals surface area contributed by atoms with Gasteiger partial charge in [-0.2, -0.15) is 0 Å². The lowest BCUT2D eigenvalue weighted by molar-refractivity contribution is -0.120. The molecule has 0 saturated carbocycles. The standard InChI is InChI=1S/C18H22N2O4S/c1-19-12-17(21)20-18(13-7-9-15(24-2)10-8-13)14-5-4-6-16(11-14)25(3,22)23/h4-11,18-19H,12H2,1-3H3,(H,20,21). The maximum atomic E-state index is 12.1. The number of methoxy groups -OCH3 is 1. The van der Waals surface area contributed by atoms with E-state index in [-0.39, 0.29) is 17.3 Å². The van der Waals surface area contributed by atoms with Crippen LogP contribution in [0.3, 0.4) is 0 Å². The van der Waals surface area contributed by atoms with Crippen LogP contribution in [0.4, 0.5) is 0 Å². The summed E-state index contributed by atoms with van der Waals surface area (Å²) in [5, 5.41) is 5.73. The van der Waals surface area contributed by atoms with Gasteiger partial charge in [-0.3, -0.25) is 4.79 Å². The Morgan fingerprint density at radius 1 is 1.12 bits per heavy atom. The van der Waals surface area contributed by atoms with Crippen LogP contribution in [0.1, 0.15) is 17.2 Å². The number of benzene rings is 2. The second-order valence-electron chi connectivity index (χ2n) is 5.65. The third-order valence-electron chi connectivity index (χ3n) is 3.71. The first-order valence-corrected chi connectivity index (χ1v) is 9.62. The molecule has 0 spiro atoms. The van der Waals surface area contributed by atoms with Crippen LogP contribution in [0.2, 0.25) is 0 Å². The molecule has 1 amide bonds. The SMILES string of the molecule is CNCC(=O)NC(c1ccc(OC)cc1)c1cccc(S(C)(=O)=O)c1. The first kappa shape index (κ1) is 19.0. The summed E-state index contributed by atoms with van der Waals surface area (Å²) in [7, 11) is -0.0686. The lowest BCUT2D eigenvalue weighted by Gasteiger charge is -2.21. The molecular formula is C18H22N2O4S. The van der Waals surface area contributed by atoms with Crippen LogP contribution in [0.25, 0.3) is 0 Å². The fourth-order valence-electron chi connectivity index (χ4n) is 2.45. The van der Waals surface area contributed by atoms with Crippen LogP contribution in [0.5, 0.6) is 5.75 Å². The Morgan fingerprint density at radius 2 is 1.80 bits per heavy atom. The summed E-state index contributed by atoms with van der Waals surface area (Å²) in [5.41, 5.74) is 1.52. The van der Waals surface area contributed by atoms with Gasteiger partial charge in [-0.15, -0.1) is 0 Å². The minimum Gasteiger partial charge on any atom is -0.497 e. The largest absolute Gasteiger partial charge is 0.497 e. The molecular weight excluding hydrogens is 340 g/mol. The van der Waals surface area contributed by atoms with Crippen molar-refractivity contribution in [2.45, 2.75) is 10.9 Å². The van der Waals surface area contributed by atoms with Gasteiger partial charge in [-0.1, -0.05) is 24.3 Å². The highest BCUT2D eigenvalue weighted by molar-refractivity contribution is 7.90. The van der Waals surface area contributed by atoms with E-state index >= 15 is 0 Å². The zero-order chi connectivity index (χ0) is 18.4. The maximum absolute atomic E-state index is 12.1. The van der Waals surface area contributed by atoms with Gasteiger partial charge in [0.05, 0.1) is 24.6 Å². The molecule has 0 aliphatic rings. The van der Waals surface area contributed by atoms with E-state index in [1.807, 2.05) is 12.1 Å². The van der Waals surface area contributed by atoms with Crippen molar-refractivity contribution >= 4 is 15.7 Å². The Bertz CT molecular complexity index is 832. The number of carbonyl (C=O) groups excluding carboxylic acids is 1. The summed E-state index contributed by atoms with van der Waals surface area (Å²) in [6.07, 6.45) is 1.16. The van der Waals surface area contributed by atoms with Crippen LogP contribution in [-0.4, -0.2) is 41.3 Å². The van der Waals surface area contributed by atoms with Gasteiger partial charge >= 0.3 is 0 Å². The molecule has 0 heterocycles. The normalized spacial score (nSPS) is 12.4. The lowest BCUT2D eigenvalue weighted by atomic mass is 9.98. The number of hydrogen-bond donors (Lipinski definition) is 2. The van der Waals surface area contributed by atoms with Gasteiger partial charge in [0.1, 0.15) is 5.75 Å². The van der Waals surface area contributed by atoms with E-state index < -0.39 is 15.9 Å². The van der Waals surface area contributed by atoms with Crippen molar-refractivity contribution in [1.82, 2.24) is 10.6 Å². The fraction of sp³-hybridized carbons (Fsp3) is 0.278. The Hall–Kier alpha value is -2.38. The Balaban J connectivity index is 2.45. The number of ether oxygens (including phenoxy) is 1. The number of hydrogen-bond acceptors (Lipinski definition) is 5. The topological polar surface area (TPSA) is 84.5 Å². The zero-order valence-corrected chi connectivity index (χ0v) is 15.3. The molecule has 0 aliphatic carbocycles. The Kier molecular flexibility index (Phi) is 6.17. The third kappa shape index (κ3) is 5.04.